The second-order valence-electron chi connectivity index (χ2n) is 4.45. The minimum absolute atomic E-state index is 0. The highest BCUT2D eigenvalue weighted by atomic mass is 35.5. The number of halogens is 1. The van der Waals surface area contributed by atoms with E-state index in [4.69, 9.17) is 5.26 Å². The van der Waals surface area contributed by atoms with Crippen LogP contribution in [-0.4, -0.2) is 27.7 Å². The number of hydrogen-bond donors (Lipinski definition) is 2. The summed E-state index contributed by atoms with van der Waals surface area (Å²) in [6.45, 7) is 2.01. The standard InChI is InChI=1S/C16H13N3O3S.ClH/c1-2-23-14-6-4-11(9-18-14)15(20)19-13-5-3-10(8-17)7-12(13)16(21)22;/h3-7,9H,2H2,1H3,(H,19,20)(H,21,22);1H. The number of nitriles is 1. The van der Waals surface area contributed by atoms with Crippen LogP contribution < -0.4 is 5.32 Å². The number of amides is 1. The van der Waals surface area contributed by atoms with Gasteiger partial charge in [0.1, 0.15) is 0 Å². The van der Waals surface area contributed by atoms with Crippen LogP contribution in [0.4, 0.5) is 5.69 Å². The number of aromatic carboxylic acids is 1. The van der Waals surface area contributed by atoms with Gasteiger partial charge < -0.3 is 10.4 Å². The largest absolute Gasteiger partial charge is 0.478 e. The summed E-state index contributed by atoms with van der Waals surface area (Å²) in [5.74, 6) is -0.797. The van der Waals surface area contributed by atoms with Gasteiger partial charge in [0.15, 0.2) is 0 Å². The number of carbonyl (C=O) groups is 2. The molecular formula is C16H14ClN3O3S. The van der Waals surface area contributed by atoms with Gasteiger partial charge in [0.05, 0.1) is 33.5 Å². The van der Waals surface area contributed by atoms with Gasteiger partial charge in [-0.15, -0.1) is 24.2 Å². The number of aromatic nitrogens is 1. The molecule has 0 unspecified atom stereocenters. The third kappa shape index (κ3) is 4.72. The van der Waals surface area contributed by atoms with Gasteiger partial charge >= 0.3 is 5.97 Å². The third-order valence-corrected chi connectivity index (χ3v) is 3.74. The minimum Gasteiger partial charge on any atom is -0.478 e. The number of carboxylic acids is 1. The summed E-state index contributed by atoms with van der Waals surface area (Å²) in [6.07, 6.45) is 1.44. The molecule has 2 rings (SSSR count). The first-order valence-electron chi connectivity index (χ1n) is 6.72. The molecule has 1 amide bonds. The van der Waals surface area contributed by atoms with E-state index < -0.39 is 11.9 Å². The Kier molecular flexibility index (Phi) is 7.24. The van der Waals surface area contributed by atoms with Gasteiger partial charge in [0, 0.05) is 6.20 Å². The lowest BCUT2D eigenvalue weighted by Gasteiger charge is -2.09. The van der Waals surface area contributed by atoms with Crippen molar-refractivity contribution in [2.24, 2.45) is 0 Å². The Bertz CT molecular complexity index is 788. The molecule has 24 heavy (non-hydrogen) atoms. The average Bonchev–Trinajstić information content (AvgIpc) is 2.56. The normalized spacial score (nSPS) is 9.50. The van der Waals surface area contributed by atoms with Crippen molar-refractivity contribution in [3.05, 3.63) is 53.2 Å². The molecular weight excluding hydrogens is 350 g/mol. The molecule has 0 spiro atoms. The minimum atomic E-state index is -1.22. The fourth-order valence-corrected chi connectivity index (χ4v) is 2.43. The molecule has 8 heteroatoms. The first kappa shape index (κ1) is 19.5. The molecule has 0 bridgehead atoms. The molecule has 0 saturated carbocycles. The van der Waals surface area contributed by atoms with E-state index >= 15 is 0 Å². The van der Waals surface area contributed by atoms with Crippen LogP contribution in [0, 0.1) is 11.3 Å². The second kappa shape index (κ2) is 8.91. The van der Waals surface area contributed by atoms with Gasteiger partial charge in [-0.05, 0) is 36.1 Å². The first-order chi connectivity index (χ1) is 11.0. The van der Waals surface area contributed by atoms with E-state index in [1.165, 1.54) is 24.4 Å². The van der Waals surface area contributed by atoms with Crippen LogP contribution in [0.25, 0.3) is 0 Å². The number of thioether (sulfide) groups is 1. The monoisotopic (exact) mass is 363 g/mol. The lowest BCUT2D eigenvalue weighted by Crippen LogP contribution is -2.15. The van der Waals surface area contributed by atoms with E-state index in [0.717, 1.165) is 10.8 Å². The molecule has 2 N–H and O–H groups in total. The summed E-state index contributed by atoms with van der Waals surface area (Å²) < 4.78 is 0. The Hall–Kier alpha value is -2.56. The maximum Gasteiger partial charge on any atom is 0.337 e. The molecule has 0 saturated heterocycles. The van der Waals surface area contributed by atoms with Gasteiger partial charge in [0.2, 0.25) is 0 Å². The van der Waals surface area contributed by atoms with Gasteiger partial charge in [0.25, 0.3) is 5.91 Å². The van der Waals surface area contributed by atoms with E-state index in [1.54, 1.807) is 23.9 Å². The molecule has 2 aromatic rings. The number of anilines is 1. The first-order valence-corrected chi connectivity index (χ1v) is 7.71. The molecule has 0 atom stereocenters. The number of pyridine rings is 1. The van der Waals surface area contributed by atoms with Crippen LogP contribution in [0.5, 0.6) is 0 Å². The quantitative estimate of drug-likeness (QED) is 0.789. The predicted molar refractivity (Wildman–Crippen MR) is 94.0 cm³/mol. The zero-order valence-electron chi connectivity index (χ0n) is 12.6. The topological polar surface area (TPSA) is 103 Å². The van der Waals surface area contributed by atoms with Crippen molar-refractivity contribution < 1.29 is 14.7 Å². The van der Waals surface area contributed by atoms with E-state index in [1.807, 2.05) is 13.0 Å². The fraction of sp³-hybridized carbons (Fsp3) is 0.125. The molecule has 0 radical (unpaired) electrons. The van der Waals surface area contributed by atoms with Crippen molar-refractivity contribution in [2.45, 2.75) is 11.9 Å². The van der Waals surface area contributed by atoms with Crippen molar-refractivity contribution in [1.29, 1.82) is 5.26 Å². The van der Waals surface area contributed by atoms with Crippen molar-refractivity contribution in [3.63, 3.8) is 0 Å². The van der Waals surface area contributed by atoms with Crippen molar-refractivity contribution >= 4 is 41.7 Å². The Morgan fingerprint density at radius 2 is 2.08 bits per heavy atom. The number of nitrogens with zero attached hydrogens (tertiary/aromatic N) is 2. The Labute approximate surface area is 149 Å². The molecule has 1 aromatic carbocycles. The average molecular weight is 364 g/mol. The number of carboxylic acid groups (broad SMARTS) is 1. The summed E-state index contributed by atoms with van der Waals surface area (Å²) in [7, 11) is 0. The van der Waals surface area contributed by atoms with Crippen LogP contribution >= 0.6 is 24.2 Å². The van der Waals surface area contributed by atoms with Gasteiger partial charge in [-0.25, -0.2) is 9.78 Å². The van der Waals surface area contributed by atoms with E-state index in [2.05, 4.69) is 10.3 Å². The van der Waals surface area contributed by atoms with Crippen molar-refractivity contribution in [1.82, 2.24) is 4.98 Å². The molecule has 1 heterocycles. The van der Waals surface area contributed by atoms with Gasteiger partial charge in [-0.3, -0.25) is 4.79 Å². The number of hydrogen-bond acceptors (Lipinski definition) is 5. The second-order valence-corrected chi connectivity index (χ2v) is 5.73. The zero-order chi connectivity index (χ0) is 16.8. The Morgan fingerprint density at radius 1 is 1.33 bits per heavy atom. The van der Waals surface area contributed by atoms with Crippen LogP contribution in [-0.2, 0) is 0 Å². The summed E-state index contributed by atoms with van der Waals surface area (Å²) in [6, 6.07) is 9.29. The molecule has 0 aliphatic rings. The summed E-state index contributed by atoms with van der Waals surface area (Å²) in [5, 5.41) is 21.4. The highest BCUT2D eigenvalue weighted by Gasteiger charge is 2.14. The van der Waals surface area contributed by atoms with Crippen LogP contribution in [0.15, 0.2) is 41.6 Å². The smallest absolute Gasteiger partial charge is 0.337 e. The maximum atomic E-state index is 12.2. The molecule has 124 valence electrons. The molecule has 0 aliphatic heterocycles. The Balaban J connectivity index is 0.00000288. The number of nitrogens with one attached hydrogen (secondary N) is 1. The fourth-order valence-electron chi connectivity index (χ4n) is 1.84. The van der Waals surface area contributed by atoms with Crippen LogP contribution in [0.1, 0.15) is 33.2 Å². The number of benzene rings is 1. The van der Waals surface area contributed by atoms with Crippen LogP contribution in [0.3, 0.4) is 0 Å². The third-order valence-electron chi connectivity index (χ3n) is 2.92. The van der Waals surface area contributed by atoms with Gasteiger partial charge in [-0.1, -0.05) is 6.92 Å². The molecule has 0 fully saturated rings. The summed E-state index contributed by atoms with van der Waals surface area (Å²) in [4.78, 5) is 27.6. The summed E-state index contributed by atoms with van der Waals surface area (Å²) in [5.41, 5.74) is 0.534. The van der Waals surface area contributed by atoms with E-state index in [-0.39, 0.29) is 29.2 Å². The highest BCUT2D eigenvalue weighted by molar-refractivity contribution is 7.99. The lowest BCUT2D eigenvalue weighted by atomic mass is 10.1. The number of carbonyl (C=O) groups excluding carboxylic acids is 1. The van der Waals surface area contributed by atoms with Crippen molar-refractivity contribution in [2.75, 3.05) is 11.1 Å². The zero-order valence-corrected chi connectivity index (χ0v) is 14.3. The molecule has 0 aliphatic carbocycles. The Morgan fingerprint density at radius 3 is 2.62 bits per heavy atom. The lowest BCUT2D eigenvalue weighted by molar-refractivity contribution is 0.0698. The van der Waals surface area contributed by atoms with E-state index in [9.17, 15) is 14.7 Å². The summed E-state index contributed by atoms with van der Waals surface area (Å²) >= 11 is 1.56. The maximum absolute atomic E-state index is 12.2. The SMILES string of the molecule is CCSc1ccc(C(=O)Nc2ccc(C#N)cc2C(=O)O)cn1.Cl. The molecule has 6 nitrogen and oxygen atoms in total. The van der Waals surface area contributed by atoms with Crippen molar-refractivity contribution in [3.8, 4) is 6.07 Å². The molecule has 1 aromatic heterocycles. The highest BCUT2D eigenvalue weighted by Crippen LogP contribution is 2.19. The van der Waals surface area contributed by atoms with Crippen LogP contribution in [0.2, 0.25) is 0 Å². The predicted octanol–water partition coefficient (Wildman–Crippen LogP) is 3.44. The van der Waals surface area contributed by atoms with Gasteiger partial charge in [-0.2, -0.15) is 5.26 Å². The van der Waals surface area contributed by atoms with E-state index in [0.29, 0.717) is 5.56 Å². The number of rotatable bonds is 5.